The molecule has 0 spiro atoms. The monoisotopic (exact) mass is 300 g/mol. The lowest BCUT2D eigenvalue weighted by Crippen LogP contribution is -2.21. The van der Waals surface area contributed by atoms with Crippen LogP contribution in [0.3, 0.4) is 0 Å². The smallest absolute Gasteiger partial charge is 0.123 e. The molecule has 2 aromatic rings. The highest BCUT2D eigenvalue weighted by atomic mass is 35.5. The maximum atomic E-state index is 5.99. The fourth-order valence-corrected chi connectivity index (χ4v) is 2.84. The largest absolute Gasteiger partial charge is 0.309 e. The highest BCUT2D eigenvalue weighted by Gasteiger charge is 2.07. The molecule has 5 heteroatoms. The van der Waals surface area contributed by atoms with Crippen molar-refractivity contribution in [1.29, 1.82) is 0 Å². The van der Waals surface area contributed by atoms with Crippen molar-refractivity contribution in [2.24, 2.45) is 0 Å². The molecule has 0 amide bonds. The van der Waals surface area contributed by atoms with E-state index in [0.29, 0.717) is 16.1 Å². The summed E-state index contributed by atoms with van der Waals surface area (Å²) in [6.45, 7) is 5.01. The first kappa shape index (κ1) is 13.8. The van der Waals surface area contributed by atoms with E-state index >= 15 is 0 Å². The van der Waals surface area contributed by atoms with Gasteiger partial charge in [-0.05, 0) is 18.2 Å². The Hall–Kier alpha value is -0.610. The van der Waals surface area contributed by atoms with Crippen LogP contribution < -0.4 is 5.32 Å². The Morgan fingerprint density at radius 2 is 1.89 bits per heavy atom. The molecule has 0 fully saturated rings. The average molecular weight is 301 g/mol. The Bertz CT molecular complexity index is 517. The molecule has 0 saturated carbocycles. The standard InChI is InChI=1S/C13H14Cl2N2S/c1-8(2)16-6-12-7-18-13(17-12)9-3-10(14)5-11(15)4-9/h3-5,7-8,16H,6H2,1-2H3. The van der Waals surface area contributed by atoms with Gasteiger partial charge in [-0.15, -0.1) is 11.3 Å². The molecule has 0 atom stereocenters. The molecule has 1 aromatic carbocycles. The highest BCUT2D eigenvalue weighted by Crippen LogP contribution is 2.29. The molecule has 1 aromatic heterocycles. The third-order valence-corrected chi connectivity index (χ3v) is 3.73. The number of nitrogens with one attached hydrogen (secondary N) is 1. The average Bonchev–Trinajstić information content (AvgIpc) is 2.73. The summed E-state index contributed by atoms with van der Waals surface area (Å²) in [4.78, 5) is 4.57. The van der Waals surface area contributed by atoms with E-state index in [-0.39, 0.29) is 0 Å². The summed E-state index contributed by atoms with van der Waals surface area (Å²) < 4.78 is 0. The summed E-state index contributed by atoms with van der Waals surface area (Å²) in [6.07, 6.45) is 0. The number of halogens is 2. The predicted octanol–water partition coefficient (Wildman–Crippen LogP) is 4.61. The fourth-order valence-electron chi connectivity index (χ4n) is 1.51. The minimum Gasteiger partial charge on any atom is -0.309 e. The van der Waals surface area contributed by atoms with Crippen molar-refractivity contribution in [2.75, 3.05) is 0 Å². The fraction of sp³-hybridized carbons (Fsp3) is 0.308. The van der Waals surface area contributed by atoms with E-state index < -0.39 is 0 Å². The van der Waals surface area contributed by atoms with Crippen LogP contribution >= 0.6 is 34.5 Å². The van der Waals surface area contributed by atoms with Gasteiger partial charge in [0.1, 0.15) is 5.01 Å². The Kier molecular flexibility index (Phi) is 4.62. The molecule has 1 heterocycles. The number of benzene rings is 1. The van der Waals surface area contributed by atoms with Gasteiger partial charge in [-0.3, -0.25) is 0 Å². The predicted molar refractivity (Wildman–Crippen MR) is 79.5 cm³/mol. The molecule has 0 bridgehead atoms. The van der Waals surface area contributed by atoms with Crippen molar-refractivity contribution in [3.8, 4) is 10.6 Å². The van der Waals surface area contributed by atoms with Gasteiger partial charge in [0, 0.05) is 33.6 Å². The molecule has 96 valence electrons. The molecule has 0 aliphatic rings. The van der Waals surface area contributed by atoms with Crippen LogP contribution in [-0.4, -0.2) is 11.0 Å². The van der Waals surface area contributed by atoms with E-state index in [1.165, 1.54) is 0 Å². The van der Waals surface area contributed by atoms with Gasteiger partial charge in [-0.25, -0.2) is 4.98 Å². The minimum absolute atomic E-state index is 0.454. The summed E-state index contributed by atoms with van der Waals surface area (Å²) >= 11 is 13.6. The number of nitrogens with zero attached hydrogens (tertiary/aromatic N) is 1. The van der Waals surface area contributed by atoms with E-state index in [1.807, 2.05) is 12.1 Å². The molecule has 0 unspecified atom stereocenters. The van der Waals surface area contributed by atoms with Gasteiger partial charge in [-0.1, -0.05) is 37.0 Å². The van der Waals surface area contributed by atoms with Crippen LogP contribution in [-0.2, 0) is 6.54 Å². The zero-order chi connectivity index (χ0) is 13.1. The number of rotatable bonds is 4. The third-order valence-electron chi connectivity index (χ3n) is 2.35. The lowest BCUT2D eigenvalue weighted by atomic mass is 10.2. The minimum atomic E-state index is 0.454. The van der Waals surface area contributed by atoms with E-state index in [2.05, 4.69) is 29.5 Å². The molecule has 0 aliphatic carbocycles. The van der Waals surface area contributed by atoms with Gasteiger partial charge in [0.25, 0.3) is 0 Å². The molecule has 18 heavy (non-hydrogen) atoms. The molecular formula is C13H14Cl2N2S. The van der Waals surface area contributed by atoms with Crippen molar-refractivity contribution in [2.45, 2.75) is 26.4 Å². The van der Waals surface area contributed by atoms with E-state index in [1.54, 1.807) is 17.4 Å². The SMILES string of the molecule is CC(C)NCc1csc(-c2cc(Cl)cc(Cl)c2)n1. The summed E-state index contributed by atoms with van der Waals surface area (Å²) in [6, 6.07) is 5.94. The van der Waals surface area contributed by atoms with Crippen LogP contribution in [0.15, 0.2) is 23.6 Å². The summed E-state index contributed by atoms with van der Waals surface area (Å²) in [5.74, 6) is 0. The highest BCUT2D eigenvalue weighted by molar-refractivity contribution is 7.13. The number of thiazole rings is 1. The van der Waals surface area contributed by atoms with Crippen molar-refractivity contribution < 1.29 is 0 Å². The number of hydrogen-bond donors (Lipinski definition) is 1. The van der Waals surface area contributed by atoms with Gasteiger partial charge in [0.05, 0.1) is 5.69 Å². The van der Waals surface area contributed by atoms with Crippen molar-refractivity contribution in [3.63, 3.8) is 0 Å². The van der Waals surface area contributed by atoms with Gasteiger partial charge in [-0.2, -0.15) is 0 Å². The van der Waals surface area contributed by atoms with Gasteiger partial charge < -0.3 is 5.32 Å². The van der Waals surface area contributed by atoms with Crippen LogP contribution in [0.1, 0.15) is 19.5 Å². The lowest BCUT2D eigenvalue weighted by molar-refractivity contribution is 0.583. The second-order valence-corrected chi connectivity index (χ2v) is 6.07. The summed E-state index contributed by atoms with van der Waals surface area (Å²) in [5, 5.41) is 7.61. The van der Waals surface area contributed by atoms with Crippen LogP contribution in [0.5, 0.6) is 0 Å². The molecule has 0 saturated heterocycles. The number of hydrogen-bond acceptors (Lipinski definition) is 3. The summed E-state index contributed by atoms with van der Waals surface area (Å²) in [7, 11) is 0. The first-order chi connectivity index (χ1) is 8.54. The van der Waals surface area contributed by atoms with Crippen molar-refractivity contribution in [3.05, 3.63) is 39.3 Å². The van der Waals surface area contributed by atoms with E-state index in [0.717, 1.165) is 22.8 Å². The summed E-state index contributed by atoms with van der Waals surface area (Å²) in [5.41, 5.74) is 2.01. The first-order valence-corrected chi connectivity index (χ1v) is 7.32. The maximum Gasteiger partial charge on any atom is 0.123 e. The second kappa shape index (κ2) is 6.02. The zero-order valence-electron chi connectivity index (χ0n) is 10.2. The molecule has 2 rings (SSSR count). The topological polar surface area (TPSA) is 24.9 Å². The Labute approximate surface area is 121 Å². The Morgan fingerprint density at radius 1 is 1.22 bits per heavy atom. The van der Waals surface area contributed by atoms with E-state index in [9.17, 15) is 0 Å². The van der Waals surface area contributed by atoms with Gasteiger partial charge in [0.15, 0.2) is 0 Å². The molecule has 0 radical (unpaired) electrons. The maximum absolute atomic E-state index is 5.99. The zero-order valence-corrected chi connectivity index (χ0v) is 12.5. The quantitative estimate of drug-likeness (QED) is 0.891. The molecular weight excluding hydrogens is 287 g/mol. The van der Waals surface area contributed by atoms with Gasteiger partial charge in [0.2, 0.25) is 0 Å². The van der Waals surface area contributed by atoms with Crippen molar-refractivity contribution >= 4 is 34.5 Å². The third kappa shape index (κ3) is 3.69. The van der Waals surface area contributed by atoms with Crippen LogP contribution in [0.2, 0.25) is 10.0 Å². The molecule has 2 nitrogen and oxygen atoms in total. The first-order valence-electron chi connectivity index (χ1n) is 5.69. The second-order valence-electron chi connectivity index (χ2n) is 4.34. The van der Waals surface area contributed by atoms with Gasteiger partial charge >= 0.3 is 0 Å². The Balaban J connectivity index is 2.18. The number of aromatic nitrogens is 1. The lowest BCUT2D eigenvalue weighted by Gasteiger charge is -2.04. The van der Waals surface area contributed by atoms with Crippen molar-refractivity contribution in [1.82, 2.24) is 10.3 Å². The Morgan fingerprint density at radius 3 is 2.50 bits per heavy atom. The van der Waals surface area contributed by atoms with Crippen LogP contribution in [0.4, 0.5) is 0 Å². The van der Waals surface area contributed by atoms with E-state index in [4.69, 9.17) is 23.2 Å². The normalized spacial score (nSPS) is 11.2. The van der Waals surface area contributed by atoms with Crippen LogP contribution in [0.25, 0.3) is 10.6 Å². The molecule has 0 aliphatic heterocycles. The van der Waals surface area contributed by atoms with Crippen LogP contribution in [0, 0.1) is 0 Å². The molecule has 1 N–H and O–H groups in total.